The van der Waals surface area contributed by atoms with Crippen molar-refractivity contribution in [3.05, 3.63) is 0 Å². The van der Waals surface area contributed by atoms with Crippen molar-refractivity contribution in [3.63, 3.8) is 0 Å². The van der Waals surface area contributed by atoms with Crippen LogP contribution in [-0.2, 0) is 0 Å². The zero-order valence-electron chi connectivity index (χ0n) is 11.1. The van der Waals surface area contributed by atoms with Gasteiger partial charge in [-0.05, 0) is 30.6 Å². The first-order chi connectivity index (χ1) is 6.95. The molecule has 1 atom stereocenters. The summed E-state index contributed by atoms with van der Waals surface area (Å²) in [5.41, 5.74) is 0. The minimum absolute atomic E-state index is 0.281. The van der Waals surface area contributed by atoms with Crippen LogP contribution in [-0.4, -0.2) is 24.3 Å². The molecule has 0 heterocycles. The van der Waals surface area contributed by atoms with E-state index in [0.29, 0.717) is 12.0 Å². The van der Waals surface area contributed by atoms with Crippen LogP contribution >= 0.6 is 0 Å². The van der Waals surface area contributed by atoms with Crippen molar-refractivity contribution in [1.82, 2.24) is 5.32 Å². The van der Waals surface area contributed by atoms with Gasteiger partial charge in [0, 0.05) is 19.2 Å². The van der Waals surface area contributed by atoms with E-state index >= 15 is 0 Å². The highest BCUT2D eigenvalue weighted by Gasteiger charge is 2.13. The summed E-state index contributed by atoms with van der Waals surface area (Å²) in [4.78, 5) is 0. The van der Waals surface area contributed by atoms with Gasteiger partial charge in [-0.25, -0.2) is 0 Å². The SMILES string of the molecule is CC(C)CC(CC(C)C)NCC(C)CO. The van der Waals surface area contributed by atoms with E-state index < -0.39 is 0 Å². The zero-order valence-corrected chi connectivity index (χ0v) is 11.1. The predicted molar refractivity (Wildman–Crippen MR) is 67.0 cm³/mol. The molecule has 2 heteroatoms. The zero-order chi connectivity index (χ0) is 11.8. The van der Waals surface area contributed by atoms with Gasteiger partial charge in [0.25, 0.3) is 0 Å². The third kappa shape index (κ3) is 8.88. The number of hydrogen-bond acceptors (Lipinski definition) is 2. The highest BCUT2D eigenvalue weighted by atomic mass is 16.3. The van der Waals surface area contributed by atoms with E-state index in [2.05, 4.69) is 39.9 Å². The van der Waals surface area contributed by atoms with E-state index in [4.69, 9.17) is 5.11 Å². The van der Waals surface area contributed by atoms with E-state index in [1.54, 1.807) is 0 Å². The molecule has 2 nitrogen and oxygen atoms in total. The van der Waals surface area contributed by atoms with Crippen molar-refractivity contribution in [2.45, 2.75) is 53.5 Å². The lowest BCUT2D eigenvalue weighted by Gasteiger charge is -2.23. The third-order valence-electron chi connectivity index (χ3n) is 2.58. The molecule has 0 amide bonds. The summed E-state index contributed by atoms with van der Waals surface area (Å²) in [5.74, 6) is 1.85. The smallest absolute Gasteiger partial charge is 0.0468 e. The molecule has 2 N–H and O–H groups in total. The predicted octanol–water partition coefficient (Wildman–Crippen LogP) is 2.67. The first-order valence-electron chi connectivity index (χ1n) is 6.29. The fourth-order valence-electron chi connectivity index (χ4n) is 1.83. The molecular weight excluding hydrogens is 186 g/mol. The van der Waals surface area contributed by atoms with Crippen molar-refractivity contribution in [2.24, 2.45) is 17.8 Å². The van der Waals surface area contributed by atoms with Gasteiger partial charge in [-0.3, -0.25) is 0 Å². The van der Waals surface area contributed by atoms with Gasteiger partial charge in [0.2, 0.25) is 0 Å². The molecule has 0 aliphatic carbocycles. The van der Waals surface area contributed by atoms with Gasteiger partial charge in [-0.15, -0.1) is 0 Å². The van der Waals surface area contributed by atoms with E-state index in [-0.39, 0.29) is 6.61 Å². The molecule has 0 bridgehead atoms. The average Bonchev–Trinajstić information content (AvgIpc) is 2.11. The van der Waals surface area contributed by atoms with Crippen LogP contribution in [0.4, 0.5) is 0 Å². The molecule has 15 heavy (non-hydrogen) atoms. The summed E-state index contributed by atoms with van der Waals surface area (Å²) in [7, 11) is 0. The highest BCUT2D eigenvalue weighted by Crippen LogP contribution is 2.13. The molecule has 92 valence electrons. The Bertz CT molecular complexity index is 135. The maximum absolute atomic E-state index is 8.97. The molecule has 0 aromatic rings. The third-order valence-corrected chi connectivity index (χ3v) is 2.58. The standard InChI is InChI=1S/C13H29NO/c1-10(2)6-13(7-11(3)4)14-8-12(5)9-15/h10-15H,6-9H2,1-5H3. The van der Waals surface area contributed by atoms with E-state index in [1.165, 1.54) is 12.8 Å². The summed E-state index contributed by atoms with van der Waals surface area (Å²) >= 11 is 0. The molecule has 0 aromatic heterocycles. The number of hydrogen-bond donors (Lipinski definition) is 2. The van der Waals surface area contributed by atoms with Crippen LogP contribution in [0.5, 0.6) is 0 Å². The second-order valence-electron chi connectivity index (χ2n) is 5.65. The Balaban J connectivity index is 3.89. The molecule has 1 unspecified atom stereocenters. The second-order valence-corrected chi connectivity index (χ2v) is 5.65. The van der Waals surface area contributed by atoms with E-state index in [1.807, 2.05) is 0 Å². The maximum atomic E-state index is 8.97. The topological polar surface area (TPSA) is 32.3 Å². The maximum Gasteiger partial charge on any atom is 0.0468 e. The van der Waals surface area contributed by atoms with Crippen LogP contribution in [0.1, 0.15) is 47.5 Å². The molecular formula is C13H29NO. The lowest BCUT2D eigenvalue weighted by Crippen LogP contribution is -2.35. The van der Waals surface area contributed by atoms with Crippen LogP contribution in [0.3, 0.4) is 0 Å². The molecule has 0 spiro atoms. The van der Waals surface area contributed by atoms with Crippen LogP contribution in [0.25, 0.3) is 0 Å². The quantitative estimate of drug-likeness (QED) is 0.652. The number of rotatable bonds is 8. The van der Waals surface area contributed by atoms with Gasteiger partial charge >= 0.3 is 0 Å². The minimum atomic E-state index is 0.281. The van der Waals surface area contributed by atoms with Gasteiger partial charge in [0.15, 0.2) is 0 Å². The van der Waals surface area contributed by atoms with Crippen molar-refractivity contribution >= 4 is 0 Å². The van der Waals surface area contributed by atoms with Crippen molar-refractivity contribution in [1.29, 1.82) is 0 Å². The second kappa shape index (κ2) is 8.12. The Hall–Kier alpha value is -0.0800. The Morgan fingerprint density at radius 2 is 1.40 bits per heavy atom. The first-order valence-corrected chi connectivity index (χ1v) is 6.29. The van der Waals surface area contributed by atoms with Crippen molar-refractivity contribution in [2.75, 3.05) is 13.2 Å². The summed E-state index contributed by atoms with van der Waals surface area (Å²) in [6.07, 6.45) is 2.46. The Kier molecular flexibility index (Phi) is 8.07. The Labute approximate surface area is 95.5 Å². The van der Waals surface area contributed by atoms with Gasteiger partial charge < -0.3 is 10.4 Å². The average molecular weight is 215 g/mol. The molecule has 0 fully saturated rings. The van der Waals surface area contributed by atoms with Gasteiger partial charge in [-0.1, -0.05) is 34.6 Å². The van der Waals surface area contributed by atoms with Gasteiger partial charge in [-0.2, -0.15) is 0 Å². The summed E-state index contributed by atoms with van der Waals surface area (Å²) in [6.45, 7) is 12.4. The first kappa shape index (κ1) is 14.9. The van der Waals surface area contributed by atoms with Gasteiger partial charge in [0.05, 0.1) is 0 Å². The molecule has 0 radical (unpaired) electrons. The van der Waals surface area contributed by atoms with Crippen LogP contribution in [0, 0.1) is 17.8 Å². The van der Waals surface area contributed by atoms with Crippen LogP contribution < -0.4 is 5.32 Å². The summed E-state index contributed by atoms with van der Waals surface area (Å²) < 4.78 is 0. The number of aliphatic hydroxyl groups is 1. The van der Waals surface area contributed by atoms with Crippen LogP contribution in [0.2, 0.25) is 0 Å². The normalized spacial score (nSPS) is 14.2. The molecule has 0 rings (SSSR count). The van der Waals surface area contributed by atoms with Crippen molar-refractivity contribution < 1.29 is 5.11 Å². The van der Waals surface area contributed by atoms with Gasteiger partial charge in [0.1, 0.15) is 0 Å². The summed E-state index contributed by atoms with van der Waals surface area (Å²) in [5, 5.41) is 12.5. The molecule has 0 aliphatic heterocycles. The van der Waals surface area contributed by atoms with Crippen molar-refractivity contribution in [3.8, 4) is 0 Å². The largest absolute Gasteiger partial charge is 0.396 e. The Morgan fingerprint density at radius 3 is 1.73 bits per heavy atom. The Morgan fingerprint density at radius 1 is 0.933 bits per heavy atom. The molecule has 0 aliphatic rings. The molecule has 0 saturated heterocycles. The molecule has 0 saturated carbocycles. The lowest BCUT2D eigenvalue weighted by molar-refractivity contribution is 0.224. The lowest BCUT2D eigenvalue weighted by atomic mass is 9.95. The fourth-order valence-corrected chi connectivity index (χ4v) is 1.83. The number of nitrogens with one attached hydrogen (secondary N) is 1. The number of aliphatic hydroxyl groups excluding tert-OH is 1. The summed E-state index contributed by atoms with van der Waals surface area (Å²) in [6, 6.07) is 0.610. The minimum Gasteiger partial charge on any atom is -0.396 e. The fraction of sp³-hybridized carbons (Fsp3) is 1.00. The molecule has 0 aromatic carbocycles. The van der Waals surface area contributed by atoms with E-state index in [0.717, 1.165) is 18.4 Å². The van der Waals surface area contributed by atoms with E-state index in [9.17, 15) is 0 Å². The highest BCUT2D eigenvalue weighted by molar-refractivity contribution is 4.71. The monoisotopic (exact) mass is 215 g/mol. The van der Waals surface area contributed by atoms with Crippen LogP contribution in [0.15, 0.2) is 0 Å².